The van der Waals surface area contributed by atoms with Crippen molar-refractivity contribution in [1.82, 2.24) is 14.4 Å². The summed E-state index contributed by atoms with van der Waals surface area (Å²) < 4.78 is 39.3. The summed E-state index contributed by atoms with van der Waals surface area (Å²) in [6.07, 6.45) is 3.39. The summed E-state index contributed by atoms with van der Waals surface area (Å²) in [5, 5.41) is 0. The van der Waals surface area contributed by atoms with Crippen LogP contribution in [0.4, 0.5) is 8.78 Å². The Morgan fingerprint density at radius 3 is 2.77 bits per heavy atom. The molecular weight excluding hydrogens is 404 g/mol. The van der Waals surface area contributed by atoms with Gasteiger partial charge in [-0.05, 0) is 25.0 Å². The second-order valence-corrected chi connectivity index (χ2v) is 8.81. The van der Waals surface area contributed by atoms with Gasteiger partial charge in [-0.3, -0.25) is 4.79 Å². The maximum absolute atomic E-state index is 13.0. The van der Waals surface area contributed by atoms with Crippen LogP contribution in [0.15, 0.2) is 36.7 Å². The first kappa shape index (κ1) is 20.1. The standard InChI is InChI=1S/C23H23F2N3O3/c1-23(11-30-12-23)13-31-20-8-21-27-18(14-5-6-14)10-28(21)9-15(20)7-19(29)16-3-2-4-17(26-16)22(24)25/h2-4,8-10,14,22H,5-7,11-13H2,1H3. The van der Waals surface area contributed by atoms with E-state index in [1.54, 1.807) is 0 Å². The molecule has 0 radical (unpaired) electrons. The van der Waals surface area contributed by atoms with Gasteiger partial charge in [-0.2, -0.15) is 0 Å². The second-order valence-electron chi connectivity index (χ2n) is 8.81. The zero-order valence-electron chi connectivity index (χ0n) is 17.2. The van der Waals surface area contributed by atoms with Gasteiger partial charge in [0, 0.05) is 41.8 Å². The van der Waals surface area contributed by atoms with Crippen molar-refractivity contribution in [1.29, 1.82) is 0 Å². The fraction of sp³-hybridized carbons (Fsp3) is 0.435. The molecule has 1 saturated carbocycles. The highest BCUT2D eigenvalue weighted by atomic mass is 19.3. The molecule has 0 atom stereocenters. The molecule has 0 spiro atoms. The Balaban J connectivity index is 1.45. The van der Waals surface area contributed by atoms with Gasteiger partial charge in [0.25, 0.3) is 6.43 Å². The summed E-state index contributed by atoms with van der Waals surface area (Å²) in [7, 11) is 0. The van der Waals surface area contributed by atoms with Gasteiger partial charge >= 0.3 is 0 Å². The Kier molecular flexibility index (Phi) is 4.97. The number of aromatic nitrogens is 3. The number of alkyl halides is 2. The molecule has 8 heteroatoms. The fourth-order valence-corrected chi connectivity index (χ4v) is 3.70. The number of rotatable bonds is 8. The number of carbonyl (C=O) groups excluding carboxylic acids is 1. The first-order valence-corrected chi connectivity index (χ1v) is 10.4. The van der Waals surface area contributed by atoms with Gasteiger partial charge in [0.2, 0.25) is 0 Å². The summed E-state index contributed by atoms with van der Waals surface area (Å²) in [4.78, 5) is 21.4. The number of carbonyl (C=O) groups is 1. The van der Waals surface area contributed by atoms with Crippen LogP contribution in [0.25, 0.3) is 5.65 Å². The number of pyridine rings is 2. The van der Waals surface area contributed by atoms with Crippen LogP contribution < -0.4 is 4.74 Å². The van der Waals surface area contributed by atoms with Gasteiger partial charge in [0.05, 0.1) is 25.5 Å². The summed E-state index contributed by atoms with van der Waals surface area (Å²) in [6, 6.07) is 5.95. The van der Waals surface area contributed by atoms with Crippen molar-refractivity contribution < 1.29 is 23.0 Å². The smallest absolute Gasteiger partial charge is 0.280 e. The van der Waals surface area contributed by atoms with Crippen molar-refractivity contribution in [3.8, 4) is 5.75 Å². The molecule has 31 heavy (non-hydrogen) atoms. The third kappa shape index (κ3) is 4.17. The monoisotopic (exact) mass is 427 g/mol. The van der Waals surface area contributed by atoms with Crippen LogP contribution in [0.3, 0.4) is 0 Å². The van der Waals surface area contributed by atoms with Crippen LogP contribution in [0.1, 0.15) is 59.5 Å². The van der Waals surface area contributed by atoms with Gasteiger partial charge < -0.3 is 13.9 Å². The molecule has 2 aliphatic rings. The van der Waals surface area contributed by atoms with E-state index in [0.29, 0.717) is 37.1 Å². The highest BCUT2D eigenvalue weighted by Crippen LogP contribution is 2.40. The molecule has 2 fully saturated rings. The number of Topliss-reactive ketones (excluding diaryl/α,β-unsaturated/α-hetero) is 1. The third-order valence-electron chi connectivity index (χ3n) is 5.75. The zero-order valence-corrected chi connectivity index (χ0v) is 17.2. The maximum Gasteiger partial charge on any atom is 0.280 e. The Morgan fingerprint density at radius 1 is 1.29 bits per heavy atom. The zero-order chi connectivity index (χ0) is 21.6. The quantitative estimate of drug-likeness (QED) is 0.499. The molecule has 6 nitrogen and oxygen atoms in total. The van der Waals surface area contributed by atoms with Crippen LogP contribution in [0, 0.1) is 5.41 Å². The number of halogens is 2. The minimum Gasteiger partial charge on any atom is -0.492 e. The Bertz CT molecular complexity index is 1140. The van der Waals surface area contributed by atoms with Crippen molar-refractivity contribution in [3.63, 3.8) is 0 Å². The molecule has 0 bridgehead atoms. The first-order valence-electron chi connectivity index (χ1n) is 10.4. The van der Waals surface area contributed by atoms with Gasteiger partial charge in [-0.15, -0.1) is 0 Å². The van der Waals surface area contributed by atoms with Crippen LogP contribution >= 0.6 is 0 Å². The van der Waals surface area contributed by atoms with Crippen LogP contribution in [0.2, 0.25) is 0 Å². The van der Waals surface area contributed by atoms with E-state index in [-0.39, 0.29) is 23.3 Å². The number of nitrogens with zero attached hydrogens (tertiary/aromatic N) is 3. The van der Waals surface area contributed by atoms with E-state index >= 15 is 0 Å². The van der Waals surface area contributed by atoms with Crippen molar-refractivity contribution in [2.75, 3.05) is 19.8 Å². The lowest BCUT2D eigenvalue weighted by Crippen LogP contribution is -2.44. The molecule has 3 aromatic heterocycles. The predicted octanol–water partition coefficient (Wildman–Crippen LogP) is 4.39. The van der Waals surface area contributed by atoms with Crippen LogP contribution in [-0.2, 0) is 11.2 Å². The summed E-state index contributed by atoms with van der Waals surface area (Å²) >= 11 is 0. The van der Waals surface area contributed by atoms with Crippen molar-refractivity contribution in [3.05, 3.63) is 59.3 Å². The molecule has 4 heterocycles. The fourth-order valence-electron chi connectivity index (χ4n) is 3.70. The van der Waals surface area contributed by atoms with E-state index in [2.05, 4.69) is 11.9 Å². The van der Waals surface area contributed by atoms with Crippen LogP contribution in [-0.4, -0.2) is 40.0 Å². The molecule has 1 aliphatic heterocycles. The summed E-state index contributed by atoms with van der Waals surface area (Å²) in [5.41, 5.74) is 2.04. The molecule has 0 aromatic carbocycles. The molecule has 3 aromatic rings. The molecule has 0 amide bonds. The van der Waals surface area contributed by atoms with Gasteiger partial charge in [0.15, 0.2) is 5.78 Å². The number of ether oxygens (including phenoxy) is 2. The largest absolute Gasteiger partial charge is 0.492 e. The number of hydrogen-bond acceptors (Lipinski definition) is 5. The first-order chi connectivity index (χ1) is 14.9. The summed E-state index contributed by atoms with van der Waals surface area (Å²) in [5.74, 6) is 0.737. The van der Waals surface area contributed by atoms with E-state index in [4.69, 9.17) is 14.5 Å². The Morgan fingerprint density at radius 2 is 2.10 bits per heavy atom. The van der Waals surface area contributed by atoms with E-state index in [0.717, 1.165) is 24.2 Å². The average molecular weight is 427 g/mol. The minimum atomic E-state index is -2.72. The Labute approximate surface area is 178 Å². The van der Waals surface area contributed by atoms with E-state index in [9.17, 15) is 13.6 Å². The van der Waals surface area contributed by atoms with E-state index < -0.39 is 12.1 Å². The number of hydrogen-bond donors (Lipinski definition) is 0. The third-order valence-corrected chi connectivity index (χ3v) is 5.75. The lowest BCUT2D eigenvalue weighted by atomic mass is 9.90. The lowest BCUT2D eigenvalue weighted by Gasteiger charge is -2.37. The normalized spacial score (nSPS) is 17.7. The van der Waals surface area contributed by atoms with Crippen molar-refractivity contribution in [2.24, 2.45) is 5.41 Å². The van der Waals surface area contributed by atoms with Crippen molar-refractivity contribution in [2.45, 2.75) is 38.5 Å². The molecule has 1 aliphatic carbocycles. The lowest BCUT2D eigenvalue weighted by molar-refractivity contribution is -0.120. The molecule has 162 valence electrons. The maximum atomic E-state index is 13.0. The molecule has 0 unspecified atom stereocenters. The molecule has 5 rings (SSSR count). The number of imidazole rings is 1. The van der Waals surface area contributed by atoms with Gasteiger partial charge in [0.1, 0.15) is 22.8 Å². The van der Waals surface area contributed by atoms with E-state index in [1.165, 1.54) is 18.2 Å². The SMILES string of the molecule is CC1(COc2cc3nc(C4CC4)cn3cc2CC(=O)c2cccc(C(F)F)n2)COC1. The number of ketones is 1. The minimum absolute atomic E-state index is 0.00484. The van der Waals surface area contributed by atoms with E-state index in [1.807, 2.05) is 22.9 Å². The van der Waals surface area contributed by atoms with Gasteiger partial charge in [-0.25, -0.2) is 18.7 Å². The highest BCUT2D eigenvalue weighted by molar-refractivity contribution is 5.96. The average Bonchev–Trinajstić information content (AvgIpc) is 3.51. The molecule has 0 N–H and O–H groups in total. The van der Waals surface area contributed by atoms with Crippen LogP contribution in [0.5, 0.6) is 5.75 Å². The topological polar surface area (TPSA) is 65.7 Å². The molecular formula is C23H23F2N3O3. The second kappa shape index (κ2) is 7.67. The summed E-state index contributed by atoms with van der Waals surface area (Å²) in [6.45, 7) is 3.80. The number of fused-ring (bicyclic) bond motifs is 1. The Hall–Kier alpha value is -2.87. The predicted molar refractivity (Wildman–Crippen MR) is 109 cm³/mol. The highest BCUT2D eigenvalue weighted by Gasteiger charge is 2.34. The molecule has 1 saturated heterocycles. The van der Waals surface area contributed by atoms with Crippen molar-refractivity contribution >= 4 is 11.4 Å². The van der Waals surface area contributed by atoms with Gasteiger partial charge in [-0.1, -0.05) is 13.0 Å².